The molecule has 1 heterocycles. The van der Waals surface area contributed by atoms with E-state index in [1.807, 2.05) is 0 Å². The molecule has 15 heavy (non-hydrogen) atoms. The van der Waals surface area contributed by atoms with Gasteiger partial charge in [0.2, 0.25) is 11.9 Å². The van der Waals surface area contributed by atoms with Crippen LogP contribution in [0.2, 0.25) is 5.15 Å². The zero-order chi connectivity index (χ0) is 11.3. The zero-order valence-electron chi connectivity index (χ0n) is 8.83. The molecule has 0 spiro atoms. The number of rotatable bonds is 4. The lowest BCUT2D eigenvalue weighted by Gasteiger charge is -2.05. The first kappa shape index (κ1) is 11.9. The fraction of sp³-hybridized carbons (Fsp3) is 0.500. The summed E-state index contributed by atoms with van der Waals surface area (Å²) in [5.74, 6) is 0.693. The predicted octanol–water partition coefficient (Wildman–Crippen LogP) is 2.50. The SMILES string of the molecule is CC(C)CCC(=O)Nc1nccc(Cl)n1. The minimum Gasteiger partial charge on any atom is -0.294 e. The van der Waals surface area contributed by atoms with Gasteiger partial charge in [0.1, 0.15) is 5.15 Å². The largest absolute Gasteiger partial charge is 0.294 e. The number of nitrogens with zero attached hydrogens (tertiary/aromatic N) is 2. The van der Waals surface area contributed by atoms with Crippen molar-refractivity contribution < 1.29 is 4.79 Å². The van der Waals surface area contributed by atoms with Crippen LogP contribution in [0, 0.1) is 5.92 Å². The Balaban J connectivity index is 2.44. The van der Waals surface area contributed by atoms with E-state index in [1.165, 1.54) is 6.20 Å². The number of carbonyl (C=O) groups excluding carboxylic acids is 1. The number of halogens is 1. The third kappa shape index (κ3) is 4.74. The Morgan fingerprint density at radius 2 is 2.33 bits per heavy atom. The van der Waals surface area contributed by atoms with Gasteiger partial charge in [-0.05, 0) is 18.4 Å². The molecule has 0 saturated carbocycles. The summed E-state index contributed by atoms with van der Waals surface area (Å²) in [6.45, 7) is 4.15. The van der Waals surface area contributed by atoms with Crippen molar-refractivity contribution in [2.24, 2.45) is 5.92 Å². The predicted molar refractivity (Wildman–Crippen MR) is 59.7 cm³/mol. The number of carbonyl (C=O) groups is 1. The molecule has 0 aromatic carbocycles. The summed E-state index contributed by atoms with van der Waals surface area (Å²) in [6, 6.07) is 1.56. The average molecular weight is 228 g/mol. The second-order valence-electron chi connectivity index (χ2n) is 3.68. The van der Waals surface area contributed by atoms with Crippen LogP contribution >= 0.6 is 11.6 Å². The number of aromatic nitrogens is 2. The molecule has 0 saturated heterocycles. The van der Waals surface area contributed by atoms with Crippen molar-refractivity contribution in [2.45, 2.75) is 26.7 Å². The van der Waals surface area contributed by atoms with Crippen LogP contribution in [0.3, 0.4) is 0 Å². The van der Waals surface area contributed by atoms with Crippen LogP contribution in [0.4, 0.5) is 5.95 Å². The summed E-state index contributed by atoms with van der Waals surface area (Å²) in [7, 11) is 0. The Hall–Kier alpha value is -1.16. The van der Waals surface area contributed by atoms with Gasteiger partial charge >= 0.3 is 0 Å². The third-order valence-corrected chi connectivity index (χ3v) is 2.03. The molecule has 82 valence electrons. The first-order chi connectivity index (χ1) is 7.08. The highest BCUT2D eigenvalue weighted by Crippen LogP contribution is 2.08. The Kier molecular flexibility index (Phi) is 4.49. The van der Waals surface area contributed by atoms with Crippen molar-refractivity contribution in [1.82, 2.24) is 9.97 Å². The topological polar surface area (TPSA) is 54.9 Å². The molecule has 5 heteroatoms. The van der Waals surface area contributed by atoms with Gasteiger partial charge in [0.15, 0.2) is 0 Å². The lowest BCUT2D eigenvalue weighted by atomic mass is 10.1. The van der Waals surface area contributed by atoms with Crippen molar-refractivity contribution in [1.29, 1.82) is 0 Å². The summed E-state index contributed by atoms with van der Waals surface area (Å²) < 4.78 is 0. The summed E-state index contributed by atoms with van der Waals surface area (Å²) in [4.78, 5) is 19.1. The van der Waals surface area contributed by atoms with Crippen LogP contribution in [-0.2, 0) is 4.79 Å². The lowest BCUT2D eigenvalue weighted by Crippen LogP contribution is -2.14. The van der Waals surface area contributed by atoms with Gasteiger partial charge in [0, 0.05) is 12.6 Å². The molecule has 0 aliphatic carbocycles. The molecule has 1 rings (SSSR count). The van der Waals surface area contributed by atoms with E-state index in [9.17, 15) is 4.79 Å². The van der Waals surface area contributed by atoms with Gasteiger partial charge in [0.25, 0.3) is 0 Å². The fourth-order valence-corrected chi connectivity index (χ4v) is 1.14. The molecule has 1 aromatic heterocycles. The molecule has 1 N–H and O–H groups in total. The number of hydrogen-bond donors (Lipinski definition) is 1. The maximum atomic E-state index is 11.4. The standard InChI is InChI=1S/C10H14ClN3O/c1-7(2)3-4-9(15)14-10-12-6-5-8(11)13-10/h5-7H,3-4H2,1-2H3,(H,12,13,14,15). The van der Waals surface area contributed by atoms with Crippen molar-refractivity contribution in [2.75, 3.05) is 5.32 Å². The van der Waals surface area contributed by atoms with Crippen LogP contribution in [0.25, 0.3) is 0 Å². The van der Waals surface area contributed by atoms with Crippen LogP contribution in [0.5, 0.6) is 0 Å². The van der Waals surface area contributed by atoms with E-state index in [1.54, 1.807) is 6.07 Å². The Bertz CT molecular complexity index is 341. The van der Waals surface area contributed by atoms with E-state index < -0.39 is 0 Å². The second-order valence-corrected chi connectivity index (χ2v) is 4.07. The number of nitrogens with one attached hydrogen (secondary N) is 1. The smallest absolute Gasteiger partial charge is 0.230 e. The molecule has 4 nitrogen and oxygen atoms in total. The minimum atomic E-state index is -0.0778. The first-order valence-corrected chi connectivity index (χ1v) is 5.24. The first-order valence-electron chi connectivity index (χ1n) is 4.86. The summed E-state index contributed by atoms with van der Waals surface area (Å²) in [6.07, 6.45) is 2.84. The van der Waals surface area contributed by atoms with Gasteiger partial charge in [0.05, 0.1) is 0 Å². The third-order valence-electron chi connectivity index (χ3n) is 1.82. The van der Waals surface area contributed by atoms with E-state index in [-0.39, 0.29) is 11.9 Å². The van der Waals surface area contributed by atoms with Gasteiger partial charge in [-0.15, -0.1) is 0 Å². The molecule has 0 bridgehead atoms. The highest BCUT2D eigenvalue weighted by Gasteiger charge is 2.05. The molecule has 0 unspecified atom stereocenters. The zero-order valence-corrected chi connectivity index (χ0v) is 9.58. The molecule has 1 amide bonds. The van der Waals surface area contributed by atoms with E-state index in [4.69, 9.17) is 11.6 Å². The number of amides is 1. The summed E-state index contributed by atoms with van der Waals surface area (Å²) in [5, 5.41) is 2.92. The summed E-state index contributed by atoms with van der Waals surface area (Å²) in [5.41, 5.74) is 0. The Labute approximate surface area is 94.1 Å². The van der Waals surface area contributed by atoms with E-state index in [2.05, 4.69) is 29.1 Å². The Morgan fingerprint density at radius 1 is 1.60 bits per heavy atom. The van der Waals surface area contributed by atoms with Gasteiger partial charge in [-0.3, -0.25) is 10.1 Å². The van der Waals surface area contributed by atoms with Crippen LogP contribution in [0.1, 0.15) is 26.7 Å². The second kappa shape index (κ2) is 5.66. The quantitative estimate of drug-likeness (QED) is 0.805. The maximum Gasteiger partial charge on any atom is 0.230 e. The Morgan fingerprint density at radius 3 is 2.93 bits per heavy atom. The van der Waals surface area contributed by atoms with Crippen molar-refractivity contribution >= 4 is 23.5 Å². The van der Waals surface area contributed by atoms with Crippen molar-refractivity contribution in [3.8, 4) is 0 Å². The maximum absolute atomic E-state index is 11.4. The molecule has 0 atom stereocenters. The summed E-state index contributed by atoms with van der Waals surface area (Å²) >= 11 is 5.65. The molecule has 0 aliphatic heterocycles. The highest BCUT2D eigenvalue weighted by atomic mass is 35.5. The molecular formula is C10H14ClN3O. The van der Waals surface area contributed by atoms with Gasteiger partial charge in [-0.2, -0.15) is 0 Å². The van der Waals surface area contributed by atoms with E-state index in [0.29, 0.717) is 17.5 Å². The van der Waals surface area contributed by atoms with Crippen molar-refractivity contribution in [3.05, 3.63) is 17.4 Å². The molecular weight excluding hydrogens is 214 g/mol. The van der Waals surface area contributed by atoms with E-state index in [0.717, 1.165) is 6.42 Å². The number of anilines is 1. The highest BCUT2D eigenvalue weighted by molar-refractivity contribution is 6.29. The normalized spacial score (nSPS) is 10.4. The fourth-order valence-electron chi connectivity index (χ4n) is 1.00. The molecule has 0 aliphatic rings. The van der Waals surface area contributed by atoms with Gasteiger partial charge < -0.3 is 0 Å². The van der Waals surface area contributed by atoms with E-state index >= 15 is 0 Å². The van der Waals surface area contributed by atoms with Crippen LogP contribution < -0.4 is 5.32 Å². The van der Waals surface area contributed by atoms with Gasteiger partial charge in [-0.1, -0.05) is 25.4 Å². The number of hydrogen-bond acceptors (Lipinski definition) is 3. The van der Waals surface area contributed by atoms with Crippen molar-refractivity contribution in [3.63, 3.8) is 0 Å². The van der Waals surface area contributed by atoms with Crippen LogP contribution in [0.15, 0.2) is 12.3 Å². The average Bonchev–Trinajstić information content (AvgIpc) is 2.15. The van der Waals surface area contributed by atoms with Gasteiger partial charge in [-0.25, -0.2) is 9.97 Å². The molecule has 1 aromatic rings. The monoisotopic (exact) mass is 227 g/mol. The molecule has 0 fully saturated rings. The lowest BCUT2D eigenvalue weighted by molar-refractivity contribution is -0.116. The molecule has 0 radical (unpaired) electrons. The van der Waals surface area contributed by atoms with Crippen LogP contribution in [-0.4, -0.2) is 15.9 Å². The minimum absolute atomic E-state index is 0.0778.